The number of benzene rings is 2. The van der Waals surface area contributed by atoms with Crippen LogP contribution in [0.4, 0.5) is 4.39 Å². The van der Waals surface area contributed by atoms with Gasteiger partial charge in [-0.1, -0.05) is 34.1 Å². The van der Waals surface area contributed by atoms with E-state index in [1.54, 1.807) is 43.3 Å². The van der Waals surface area contributed by atoms with Crippen LogP contribution in [-0.2, 0) is 0 Å². The van der Waals surface area contributed by atoms with Crippen LogP contribution in [0.2, 0.25) is 0 Å². The molecule has 1 unspecified atom stereocenters. The first-order valence-electron chi connectivity index (χ1n) is 5.48. The van der Waals surface area contributed by atoms with Crippen molar-refractivity contribution >= 4 is 15.9 Å². The minimum Gasteiger partial charge on any atom is -0.454 e. The molecule has 0 aliphatic heterocycles. The first kappa shape index (κ1) is 13.1. The second kappa shape index (κ2) is 5.50. The van der Waals surface area contributed by atoms with E-state index in [2.05, 4.69) is 15.9 Å². The molecule has 0 fully saturated rings. The second-order valence-corrected chi connectivity index (χ2v) is 4.81. The molecule has 0 saturated carbocycles. The zero-order valence-corrected chi connectivity index (χ0v) is 11.3. The predicted molar refractivity (Wildman–Crippen MR) is 71.2 cm³/mol. The highest BCUT2D eigenvalue weighted by Gasteiger charge is 2.11. The Balaban J connectivity index is 2.37. The largest absolute Gasteiger partial charge is 0.454 e. The number of halogens is 2. The maximum absolute atomic E-state index is 13.6. The molecule has 0 spiro atoms. The second-order valence-electron chi connectivity index (χ2n) is 3.89. The van der Waals surface area contributed by atoms with Crippen LogP contribution >= 0.6 is 15.9 Å². The molecule has 2 aromatic rings. The van der Waals surface area contributed by atoms with Crippen LogP contribution in [0.25, 0.3) is 0 Å². The van der Waals surface area contributed by atoms with Crippen LogP contribution in [0.5, 0.6) is 11.5 Å². The van der Waals surface area contributed by atoms with Crippen molar-refractivity contribution in [2.45, 2.75) is 13.0 Å². The third kappa shape index (κ3) is 2.89. The van der Waals surface area contributed by atoms with Crippen LogP contribution in [0, 0.1) is 5.82 Å². The van der Waals surface area contributed by atoms with E-state index >= 15 is 0 Å². The summed E-state index contributed by atoms with van der Waals surface area (Å²) in [6.07, 6.45) is -0.670. The van der Waals surface area contributed by atoms with Gasteiger partial charge in [0.25, 0.3) is 0 Å². The van der Waals surface area contributed by atoms with Crippen molar-refractivity contribution in [1.82, 2.24) is 0 Å². The number of hydrogen-bond donors (Lipinski definition) is 1. The van der Waals surface area contributed by atoms with Crippen molar-refractivity contribution < 1.29 is 14.2 Å². The van der Waals surface area contributed by atoms with E-state index in [9.17, 15) is 9.50 Å². The minimum atomic E-state index is -0.670. The summed E-state index contributed by atoms with van der Waals surface area (Å²) in [5, 5.41) is 9.62. The number of ether oxygens (including phenoxy) is 1. The number of aliphatic hydroxyl groups excluding tert-OH is 1. The van der Waals surface area contributed by atoms with Gasteiger partial charge in [0.1, 0.15) is 5.75 Å². The molecule has 2 aromatic carbocycles. The van der Waals surface area contributed by atoms with Gasteiger partial charge >= 0.3 is 0 Å². The molecule has 0 saturated heterocycles. The Hall–Kier alpha value is -1.39. The highest BCUT2D eigenvalue weighted by atomic mass is 79.9. The maximum atomic E-state index is 13.6. The van der Waals surface area contributed by atoms with Gasteiger partial charge in [-0.2, -0.15) is 0 Å². The molecule has 0 aromatic heterocycles. The molecular formula is C14H12BrFO2. The summed E-state index contributed by atoms with van der Waals surface area (Å²) in [5.41, 5.74) is 0.622. The van der Waals surface area contributed by atoms with Gasteiger partial charge in [0, 0.05) is 10.0 Å². The van der Waals surface area contributed by atoms with E-state index in [1.807, 2.05) is 0 Å². The molecule has 4 heteroatoms. The predicted octanol–water partition coefficient (Wildman–Crippen LogP) is 4.43. The summed E-state index contributed by atoms with van der Waals surface area (Å²) < 4.78 is 19.8. The van der Waals surface area contributed by atoms with Gasteiger partial charge in [0.05, 0.1) is 6.10 Å². The molecule has 18 heavy (non-hydrogen) atoms. The van der Waals surface area contributed by atoms with Gasteiger partial charge in [-0.25, -0.2) is 4.39 Å². The molecular weight excluding hydrogens is 299 g/mol. The lowest BCUT2D eigenvalue weighted by atomic mass is 10.1. The first-order chi connectivity index (χ1) is 8.58. The molecule has 94 valence electrons. The van der Waals surface area contributed by atoms with Gasteiger partial charge in [0.15, 0.2) is 11.6 Å². The standard InChI is InChI=1S/C14H12BrFO2/c1-9(17)11-4-2-3-5-13(11)18-14-8-10(15)6-7-12(14)16/h2-9,17H,1H3. The quantitative estimate of drug-likeness (QED) is 0.908. The summed E-state index contributed by atoms with van der Waals surface area (Å²) in [6.45, 7) is 1.64. The number of para-hydroxylation sites is 1. The van der Waals surface area contributed by atoms with Gasteiger partial charge in [-0.3, -0.25) is 0 Å². The van der Waals surface area contributed by atoms with Crippen LogP contribution in [0.1, 0.15) is 18.6 Å². The summed E-state index contributed by atoms with van der Waals surface area (Å²) in [4.78, 5) is 0. The third-order valence-corrected chi connectivity index (χ3v) is 2.98. The summed E-state index contributed by atoms with van der Waals surface area (Å²) in [5.74, 6) is 0.126. The fraction of sp³-hybridized carbons (Fsp3) is 0.143. The van der Waals surface area contributed by atoms with Crippen LogP contribution in [-0.4, -0.2) is 5.11 Å². The zero-order valence-electron chi connectivity index (χ0n) is 9.73. The lowest BCUT2D eigenvalue weighted by molar-refractivity contribution is 0.195. The Kier molecular flexibility index (Phi) is 3.99. The molecule has 2 nitrogen and oxygen atoms in total. The molecule has 0 amide bonds. The average molecular weight is 311 g/mol. The number of aliphatic hydroxyl groups is 1. The Bertz CT molecular complexity index is 555. The average Bonchev–Trinajstić information content (AvgIpc) is 2.34. The van der Waals surface area contributed by atoms with Crippen LogP contribution < -0.4 is 4.74 Å². The third-order valence-electron chi connectivity index (χ3n) is 2.48. The Morgan fingerprint density at radius 3 is 2.61 bits per heavy atom. The molecule has 0 radical (unpaired) electrons. The summed E-state index contributed by atoms with van der Waals surface area (Å²) in [7, 11) is 0. The zero-order chi connectivity index (χ0) is 13.1. The lowest BCUT2D eigenvalue weighted by Gasteiger charge is -2.13. The molecule has 0 aliphatic rings. The Labute approximate surface area is 113 Å². The minimum absolute atomic E-state index is 0.123. The van der Waals surface area contributed by atoms with Crippen LogP contribution in [0.15, 0.2) is 46.9 Å². The van der Waals surface area contributed by atoms with Gasteiger partial charge in [-0.15, -0.1) is 0 Å². The van der Waals surface area contributed by atoms with E-state index in [4.69, 9.17) is 4.74 Å². The summed E-state index contributed by atoms with van der Waals surface area (Å²) in [6, 6.07) is 11.5. The fourth-order valence-electron chi connectivity index (χ4n) is 1.59. The van der Waals surface area contributed by atoms with Gasteiger partial charge in [-0.05, 0) is 31.2 Å². The van der Waals surface area contributed by atoms with Crippen molar-refractivity contribution in [3.8, 4) is 11.5 Å². The van der Waals surface area contributed by atoms with E-state index in [0.717, 1.165) is 4.47 Å². The molecule has 2 rings (SSSR count). The van der Waals surface area contributed by atoms with Crippen molar-refractivity contribution in [3.05, 3.63) is 58.3 Å². The highest BCUT2D eigenvalue weighted by Crippen LogP contribution is 2.32. The van der Waals surface area contributed by atoms with Crippen molar-refractivity contribution in [2.75, 3.05) is 0 Å². The Morgan fingerprint density at radius 1 is 1.17 bits per heavy atom. The maximum Gasteiger partial charge on any atom is 0.165 e. The highest BCUT2D eigenvalue weighted by molar-refractivity contribution is 9.10. The van der Waals surface area contributed by atoms with Crippen molar-refractivity contribution in [2.24, 2.45) is 0 Å². The normalized spacial score (nSPS) is 12.2. The molecule has 0 aliphatic carbocycles. The number of rotatable bonds is 3. The van der Waals surface area contributed by atoms with Crippen molar-refractivity contribution in [1.29, 1.82) is 0 Å². The van der Waals surface area contributed by atoms with E-state index in [0.29, 0.717) is 11.3 Å². The van der Waals surface area contributed by atoms with E-state index < -0.39 is 11.9 Å². The molecule has 1 N–H and O–H groups in total. The van der Waals surface area contributed by atoms with Gasteiger partial charge in [0.2, 0.25) is 0 Å². The lowest BCUT2D eigenvalue weighted by Crippen LogP contribution is -1.96. The fourth-order valence-corrected chi connectivity index (χ4v) is 1.93. The van der Waals surface area contributed by atoms with Crippen LogP contribution in [0.3, 0.4) is 0 Å². The topological polar surface area (TPSA) is 29.5 Å². The van der Waals surface area contributed by atoms with E-state index in [1.165, 1.54) is 6.07 Å². The SMILES string of the molecule is CC(O)c1ccccc1Oc1cc(Br)ccc1F. The van der Waals surface area contributed by atoms with Gasteiger partial charge < -0.3 is 9.84 Å². The first-order valence-corrected chi connectivity index (χ1v) is 6.27. The molecule has 0 bridgehead atoms. The molecule has 0 heterocycles. The Morgan fingerprint density at radius 2 is 1.89 bits per heavy atom. The number of hydrogen-bond acceptors (Lipinski definition) is 2. The monoisotopic (exact) mass is 310 g/mol. The van der Waals surface area contributed by atoms with E-state index in [-0.39, 0.29) is 5.75 Å². The van der Waals surface area contributed by atoms with Crippen molar-refractivity contribution in [3.63, 3.8) is 0 Å². The molecule has 1 atom stereocenters. The summed E-state index contributed by atoms with van der Waals surface area (Å²) >= 11 is 3.26. The smallest absolute Gasteiger partial charge is 0.165 e.